The Morgan fingerprint density at radius 1 is 1.36 bits per heavy atom. The molecule has 4 unspecified atom stereocenters. The highest BCUT2D eigenvalue weighted by Crippen LogP contribution is 2.35. The number of nitrogens with one attached hydrogen (secondary N) is 1. The first kappa shape index (κ1) is 11.8. The monoisotopic (exact) mass is 195 g/mol. The van der Waals surface area contributed by atoms with Crippen molar-refractivity contribution in [3.8, 4) is 0 Å². The van der Waals surface area contributed by atoms with Crippen LogP contribution >= 0.6 is 0 Å². The molecule has 1 aliphatic rings. The molecule has 14 heavy (non-hydrogen) atoms. The van der Waals surface area contributed by atoms with Crippen LogP contribution in [-0.2, 0) is 0 Å². The lowest BCUT2D eigenvalue weighted by Gasteiger charge is -2.36. The van der Waals surface area contributed by atoms with Crippen molar-refractivity contribution in [3.63, 3.8) is 0 Å². The lowest BCUT2D eigenvalue weighted by molar-refractivity contribution is 0.175. The molecule has 1 aliphatic carbocycles. The Kier molecular flexibility index (Phi) is 4.67. The van der Waals surface area contributed by atoms with Crippen LogP contribution in [0.15, 0.2) is 12.7 Å². The van der Waals surface area contributed by atoms with Crippen LogP contribution in [0.3, 0.4) is 0 Å². The quantitative estimate of drug-likeness (QED) is 0.679. The maximum atomic E-state index is 3.84. The van der Waals surface area contributed by atoms with Crippen LogP contribution in [0.25, 0.3) is 0 Å². The van der Waals surface area contributed by atoms with Gasteiger partial charge in [-0.05, 0) is 44.1 Å². The zero-order valence-corrected chi connectivity index (χ0v) is 9.92. The Balaban J connectivity index is 2.47. The van der Waals surface area contributed by atoms with E-state index in [4.69, 9.17) is 0 Å². The summed E-state index contributed by atoms with van der Waals surface area (Å²) in [6.07, 6.45) is 7.35. The van der Waals surface area contributed by atoms with Gasteiger partial charge in [0.1, 0.15) is 0 Å². The van der Waals surface area contributed by atoms with E-state index in [1.165, 1.54) is 19.3 Å². The summed E-state index contributed by atoms with van der Waals surface area (Å²) in [5.74, 6) is 2.69. The Labute approximate surface area is 89.0 Å². The standard InChI is InChI=1S/C13H25N/c1-5-6-13(14-4)12-8-7-10(2)11(3)9-12/h5,10-14H,1,6-9H2,2-4H3. The summed E-state index contributed by atoms with van der Waals surface area (Å²) in [6, 6.07) is 0.655. The summed E-state index contributed by atoms with van der Waals surface area (Å²) < 4.78 is 0. The molecule has 0 aromatic rings. The van der Waals surface area contributed by atoms with Crippen molar-refractivity contribution >= 4 is 0 Å². The zero-order chi connectivity index (χ0) is 10.6. The van der Waals surface area contributed by atoms with Crippen LogP contribution < -0.4 is 5.32 Å². The lowest BCUT2D eigenvalue weighted by Crippen LogP contribution is -2.37. The first-order chi connectivity index (χ1) is 6.69. The van der Waals surface area contributed by atoms with Crippen molar-refractivity contribution in [1.29, 1.82) is 0 Å². The van der Waals surface area contributed by atoms with Crippen molar-refractivity contribution < 1.29 is 0 Å². The van der Waals surface area contributed by atoms with E-state index in [1.807, 2.05) is 6.08 Å². The lowest BCUT2D eigenvalue weighted by atomic mass is 9.73. The largest absolute Gasteiger partial charge is 0.316 e. The molecular weight excluding hydrogens is 170 g/mol. The zero-order valence-electron chi connectivity index (χ0n) is 9.92. The van der Waals surface area contributed by atoms with E-state index in [0.717, 1.165) is 24.2 Å². The maximum absolute atomic E-state index is 3.84. The van der Waals surface area contributed by atoms with Gasteiger partial charge in [0.05, 0.1) is 0 Å². The second kappa shape index (κ2) is 5.55. The average molecular weight is 195 g/mol. The van der Waals surface area contributed by atoms with E-state index >= 15 is 0 Å². The second-order valence-electron chi connectivity index (χ2n) is 4.95. The normalized spacial score (nSPS) is 35.2. The van der Waals surface area contributed by atoms with E-state index in [0.29, 0.717) is 6.04 Å². The third kappa shape index (κ3) is 2.84. The predicted molar refractivity (Wildman–Crippen MR) is 63.3 cm³/mol. The summed E-state index contributed by atoms with van der Waals surface area (Å²) in [7, 11) is 2.08. The molecule has 0 saturated heterocycles. The summed E-state index contributed by atoms with van der Waals surface area (Å²) in [4.78, 5) is 0. The molecule has 0 aromatic heterocycles. The molecule has 0 aromatic carbocycles. The molecule has 0 aliphatic heterocycles. The van der Waals surface area contributed by atoms with Gasteiger partial charge < -0.3 is 5.32 Å². The Hall–Kier alpha value is -0.300. The molecule has 82 valence electrons. The van der Waals surface area contributed by atoms with Crippen LogP contribution in [0.1, 0.15) is 39.5 Å². The van der Waals surface area contributed by atoms with E-state index in [9.17, 15) is 0 Å². The van der Waals surface area contributed by atoms with Crippen molar-refractivity contribution in [2.75, 3.05) is 7.05 Å². The summed E-state index contributed by atoms with van der Waals surface area (Å²) in [6.45, 7) is 8.63. The predicted octanol–water partition coefficient (Wildman–Crippen LogP) is 3.22. The van der Waals surface area contributed by atoms with Gasteiger partial charge in [0.25, 0.3) is 0 Å². The molecule has 1 fully saturated rings. The van der Waals surface area contributed by atoms with Crippen LogP contribution in [0.5, 0.6) is 0 Å². The molecule has 0 radical (unpaired) electrons. The van der Waals surface area contributed by atoms with Crippen molar-refractivity contribution in [1.82, 2.24) is 5.32 Å². The van der Waals surface area contributed by atoms with E-state index in [-0.39, 0.29) is 0 Å². The van der Waals surface area contributed by atoms with Gasteiger partial charge in [-0.25, -0.2) is 0 Å². The van der Waals surface area contributed by atoms with Crippen molar-refractivity contribution in [2.24, 2.45) is 17.8 Å². The molecule has 1 rings (SSSR count). The summed E-state index contributed by atoms with van der Waals surface area (Å²) >= 11 is 0. The van der Waals surface area contributed by atoms with Crippen LogP contribution in [0, 0.1) is 17.8 Å². The number of hydrogen-bond donors (Lipinski definition) is 1. The molecule has 1 saturated carbocycles. The highest BCUT2D eigenvalue weighted by atomic mass is 14.9. The van der Waals surface area contributed by atoms with Gasteiger partial charge in [-0.1, -0.05) is 26.3 Å². The molecule has 0 bridgehead atoms. The Bertz CT molecular complexity index is 176. The Morgan fingerprint density at radius 2 is 2.07 bits per heavy atom. The Morgan fingerprint density at radius 3 is 2.57 bits per heavy atom. The van der Waals surface area contributed by atoms with Gasteiger partial charge in [0, 0.05) is 6.04 Å². The SMILES string of the molecule is C=CCC(NC)C1CCC(C)C(C)C1. The van der Waals surface area contributed by atoms with Gasteiger partial charge in [-0.2, -0.15) is 0 Å². The summed E-state index contributed by atoms with van der Waals surface area (Å²) in [5.41, 5.74) is 0. The smallest absolute Gasteiger partial charge is 0.0127 e. The molecule has 1 nitrogen and oxygen atoms in total. The molecule has 0 heterocycles. The fraction of sp³-hybridized carbons (Fsp3) is 0.846. The van der Waals surface area contributed by atoms with E-state index < -0.39 is 0 Å². The number of rotatable bonds is 4. The van der Waals surface area contributed by atoms with E-state index in [2.05, 4.69) is 32.8 Å². The van der Waals surface area contributed by atoms with Gasteiger partial charge in [0.2, 0.25) is 0 Å². The van der Waals surface area contributed by atoms with Gasteiger partial charge in [-0.3, -0.25) is 0 Å². The second-order valence-corrected chi connectivity index (χ2v) is 4.95. The van der Waals surface area contributed by atoms with Crippen molar-refractivity contribution in [3.05, 3.63) is 12.7 Å². The maximum Gasteiger partial charge on any atom is 0.0127 e. The minimum Gasteiger partial charge on any atom is -0.316 e. The molecule has 4 atom stereocenters. The topological polar surface area (TPSA) is 12.0 Å². The fourth-order valence-electron chi connectivity index (χ4n) is 2.68. The molecule has 0 amide bonds. The van der Waals surface area contributed by atoms with Crippen molar-refractivity contribution in [2.45, 2.75) is 45.6 Å². The fourth-order valence-corrected chi connectivity index (χ4v) is 2.68. The van der Waals surface area contributed by atoms with E-state index in [1.54, 1.807) is 0 Å². The van der Waals surface area contributed by atoms with Gasteiger partial charge in [0.15, 0.2) is 0 Å². The third-order valence-electron chi connectivity index (χ3n) is 4.00. The highest BCUT2D eigenvalue weighted by Gasteiger charge is 2.28. The summed E-state index contributed by atoms with van der Waals surface area (Å²) in [5, 5.41) is 3.44. The molecule has 0 spiro atoms. The third-order valence-corrected chi connectivity index (χ3v) is 4.00. The molecule has 1 heteroatoms. The van der Waals surface area contributed by atoms with Gasteiger partial charge in [-0.15, -0.1) is 6.58 Å². The molecular formula is C13H25N. The van der Waals surface area contributed by atoms with Crippen LogP contribution in [0.2, 0.25) is 0 Å². The minimum absolute atomic E-state index is 0.655. The average Bonchev–Trinajstić information content (AvgIpc) is 2.19. The first-order valence-electron chi connectivity index (χ1n) is 5.97. The first-order valence-corrected chi connectivity index (χ1v) is 5.97. The highest BCUT2D eigenvalue weighted by molar-refractivity contribution is 4.87. The van der Waals surface area contributed by atoms with Crippen LogP contribution in [0.4, 0.5) is 0 Å². The minimum atomic E-state index is 0.655. The van der Waals surface area contributed by atoms with Crippen LogP contribution in [-0.4, -0.2) is 13.1 Å². The number of hydrogen-bond acceptors (Lipinski definition) is 1. The molecule has 1 N–H and O–H groups in total. The van der Waals surface area contributed by atoms with Gasteiger partial charge >= 0.3 is 0 Å².